The topological polar surface area (TPSA) is 63.6 Å². The summed E-state index contributed by atoms with van der Waals surface area (Å²) in [5.74, 6) is -0.867. The number of carbonyl (C=O) groups is 2. The van der Waals surface area contributed by atoms with E-state index in [2.05, 4.69) is 19.1 Å². The molecule has 0 aromatic rings. The smallest absolute Gasteiger partial charge is 0.308 e. The molecule has 0 aliphatic heterocycles. The molecule has 0 saturated heterocycles. The molecule has 0 radical (unpaired) electrons. The van der Waals surface area contributed by atoms with E-state index in [-0.39, 0.29) is 24.4 Å². The van der Waals surface area contributed by atoms with Crippen LogP contribution in [-0.2, 0) is 14.3 Å². The molecular weight excluding hydrogens is 328 g/mol. The first-order valence-corrected chi connectivity index (χ1v) is 10.5. The summed E-state index contributed by atoms with van der Waals surface area (Å²) in [7, 11) is 0. The Morgan fingerprint density at radius 1 is 0.923 bits per heavy atom. The molecule has 0 aromatic heterocycles. The quantitative estimate of drug-likeness (QED) is 0.186. The lowest BCUT2D eigenvalue weighted by Crippen LogP contribution is -2.21. The summed E-state index contributed by atoms with van der Waals surface area (Å²) in [5.41, 5.74) is 0. The fourth-order valence-corrected chi connectivity index (χ4v) is 2.76. The molecule has 4 heteroatoms. The lowest BCUT2D eigenvalue weighted by atomic mass is 10.1. The molecule has 0 aliphatic carbocycles. The second-order valence-electron chi connectivity index (χ2n) is 7.47. The molecule has 0 amide bonds. The van der Waals surface area contributed by atoms with Crippen molar-refractivity contribution in [3.63, 3.8) is 0 Å². The summed E-state index contributed by atoms with van der Waals surface area (Å²) in [6, 6.07) is 0. The molecule has 4 nitrogen and oxygen atoms in total. The Morgan fingerprint density at radius 2 is 1.58 bits per heavy atom. The number of ether oxygens (including phenoxy) is 1. The number of hydrogen-bond acceptors (Lipinski definition) is 3. The van der Waals surface area contributed by atoms with Crippen LogP contribution in [0.5, 0.6) is 0 Å². The molecule has 0 saturated carbocycles. The molecule has 0 aromatic carbocycles. The largest absolute Gasteiger partial charge is 0.481 e. The highest BCUT2D eigenvalue weighted by Crippen LogP contribution is 2.15. The second kappa shape index (κ2) is 17.1. The number of esters is 1. The Morgan fingerprint density at radius 3 is 2.23 bits per heavy atom. The maximum Gasteiger partial charge on any atom is 0.308 e. The van der Waals surface area contributed by atoms with Gasteiger partial charge in [0.05, 0.1) is 5.92 Å². The molecule has 0 heterocycles. The van der Waals surface area contributed by atoms with E-state index in [1.807, 2.05) is 13.8 Å². The Kier molecular flexibility index (Phi) is 16.2. The Bertz CT molecular complexity index is 388. The number of hydrogen-bond donors (Lipinski definition) is 1. The maximum atomic E-state index is 11.9. The van der Waals surface area contributed by atoms with Gasteiger partial charge < -0.3 is 9.84 Å². The monoisotopic (exact) mass is 368 g/mol. The highest BCUT2D eigenvalue weighted by molar-refractivity contribution is 5.71. The summed E-state index contributed by atoms with van der Waals surface area (Å²) in [6.45, 7) is 5.96. The summed E-state index contributed by atoms with van der Waals surface area (Å²) < 4.78 is 5.65. The van der Waals surface area contributed by atoms with Crippen molar-refractivity contribution in [1.29, 1.82) is 0 Å². The van der Waals surface area contributed by atoms with E-state index in [9.17, 15) is 9.59 Å². The van der Waals surface area contributed by atoms with Gasteiger partial charge in [-0.05, 0) is 32.1 Å². The molecule has 0 bridgehead atoms. The van der Waals surface area contributed by atoms with Crippen LogP contribution in [0, 0.1) is 5.92 Å². The first-order chi connectivity index (χ1) is 12.5. The molecular formula is C22H40O4. The van der Waals surface area contributed by atoms with Gasteiger partial charge in [0, 0.05) is 12.8 Å². The van der Waals surface area contributed by atoms with Gasteiger partial charge in [0.15, 0.2) is 0 Å². The van der Waals surface area contributed by atoms with E-state index in [1.54, 1.807) is 0 Å². The minimum absolute atomic E-state index is 0.00836. The average molecular weight is 369 g/mol. The Labute approximate surface area is 160 Å². The van der Waals surface area contributed by atoms with Crippen LogP contribution in [-0.4, -0.2) is 23.1 Å². The van der Waals surface area contributed by atoms with E-state index in [1.165, 1.54) is 19.3 Å². The summed E-state index contributed by atoms with van der Waals surface area (Å²) in [5, 5.41) is 8.58. The third-order valence-electron chi connectivity index (χ3n) is 4.46. The van der Waals surface area contributed by atoms with Crippen molar-refractivity contribution in [2.75, 3.05) is 0 Å². The summed E-state index contributed by atoms with van der Waals surface area (Å²) in [4.78, 5) is 22.3. The van der Waals surface area contributed by atoms with Crippen molar-refractivity contribution >= 4 is 11.9 Å². The van der Waals surface area contributed by atoms with Crippen LogP contribution in [0.3, 0.4) is 0 Å². The van der Waals surface area contributed by atoms with Crippen molar-refractivity contribution in [1.82, 2.24) is 0 Å². The average Bonchev–Trinajstić information content (AvgIpc) is 2.59. The number of carbonyl (C=O) groups excluding carboxylic acids is 1. The number of carboxylic acids is 1. The highest BCUT2D eigenvalue weighted by Gasteiger charge is 2.15. The van der Waals surface area contributed by atoms with Crippen LogP contribution < -0.4 is 0 Å². The van der Waals surface area contributed by atoms with E-state index < -0.39 is 5.97 Å². The summed E-state index contributed by atoms with van der Waals surface area (Å²) >= 11 is 0. The number of carboxylic acid groups (broad SMARTS) is 1. The van der Waals surface area contributed by atoms with E-state index in [4.69, 9.17) is 9.84 Å². The zero-order valence-corrected chi connectivity index (χ0v) is 17.2. The third-order valence-corrected chi connectivity index (χ3v) is 4.46. The minimum atomic E-state index is -0.699. The maximum absolute atomic E-state index is 11.9. The molecule has 1 unspecified atom stereocenters. The van der Waals surface area contributed by atoms with Crippen LogP contribution in [0.4, 0.5) is 0 Å². The van der Waals surface area contributed by atoms with Gasteiger partial charge in [0.25, 0.3) is 0 Å². The van der Waals surface area contributed by atoms with Gasteiger partial charge in [-0.15, -0.1) is 0 Å². The van der Waals surface area contributed by atoms with Crippen LogP contribution >= 0.6 is 0 Å². The summed E-state index contributed by atoms with van der Waals surface area (Å²) in [6.07, 6.45) is 17.4. The molecule has 152 valence electrons. The molecule has 1 N–H and O–H groups in total. The first-order valence-electron chi connectivity index (χ1n) is 10.5. The lowest BCUT2D eigenvalue weighted by Gasteiger charge is -2.18. The van der Waals surface area contributed by atoms with Crippen LogP contribution in [0.2, 0.25) is 0 Å². The van der Waals surface area contributed by atoms with Crippen molar-refractivity contribution < 1.29 is 19.4 Å². The van der Waals surface area contributed by atoms with Crippen LogP contribution in [0.25, 0.3) is 0 Å². The predicted molar refractivity (Wildman–Crippen MR) is 107 cm³/mol. The zero-order chi connectivity index (χ0) is 19.6. The molecule has 1 atom stereocenters. The molecule has 0 fully saturated rings. The minimum Gasteiger partial charge on any atom is -0.481 e. The fraction of sp³-hybridized carbons (Fsp3) is 0.818. The van der Waals surface area contributed by atoms with Gasteiger partial charge >= 0.3 is 11.9 Å². The number of unbranched alkanes of at least 4 members (excludes halogenated alkanes) is 8. The van der Waals surface area contributed by atoms with Crippen molar-refractivity contribution in [3.05, 3.63) is 12.2 Å². The standard InChI is InChI=1S/C22H40O4/c1-4-5-6-13-16-20(26-22(25)19(2)3)17-14-11-9-7-8-10-12-15-18-21(23)24/h11,14,19-20H,4-10,12-13,15-18H2,1-3H3,(H,23,24)/b14-11+. The van der Waals surface area contributed by atoms with E-state index >= 15 is 0 Å². The van der Waals surface area contributed by atoms with Gasteiger partial charge in [-0.2, -0.15) is 0 Å². The predicted octanol–water partition coefficient (Wildman–Crippen LogP) is 6.29. The first kappa shape index (κ1) is 24.7. The van der Waals surface area contributed by atoms with Gasteiger partial charge in [-0.1, -0.05) is 71.4 Å². The van der Waals surface area contributed by atoms with Gasteiger partial charge in [-0.25, -0.2) is 0 Å². The second-order valence-corrected chi connectivity index (χ2v) is 7.47. The van der Waals surface area contributed by atoms with Gasteiger partial charge in [-0.3, -0.25) is 9.59 Å². The SMILES string of the molecule is CCCCCCC(C/C=C/CCCCCCCC(=O)O)OC(=O)C(C)C. The Hall–Kier alpha value is -1.32. The zero-order valence-electron chi connectivity index (χ0n) is 17.2. The third kappa shape index (κ3) is 16.2. The molecule has 0 aliphatic rings. The normalized spacial score (nSPS) is 12.6. The van der Waals surface area contributed by atoms with E-state index in [0.717, 1.165) is 57.8 Å². The number of allylic oxidation sites excluding steroid dienone is 1. The van der Waals surface area contributed by atoms with Gasteiger partial charge in [0.1, 0.15) is 6.10 Å². The van der Waals surface area contributed by atoms with Crippen molar-refractivity contribution in [3.8, 4) is 0 Å². The molecule has 0 spiro atoms. The lowest BCUT2D eigenvalue weighted by molar-refractivity contribution is -0.153. The van der Waals surface area contributed by atoms with E-state index in [0.29, 0.717) is 0 Å². The molecule has 26 heavy (non-hydrogen) atoms. The van der Waals surface area contributed by atoms with Gasteiger partial charge in [0.2, 0.25) is 0 Å². The van der Waals surface area contributed by atoms with Crippen LogP contribution in [0.15, 0.2) is 12.2 Å². The highest BCUT2D eigenvalue weighted by atomic mass is 16.5. The fourth-order valence-electron chi connectivity index (χ4n) is 2.76. The Balaban J connectivity index is 3.92. The van der Waals surface area contributed by atoms with Crippen molar-refractivity contribution in [2.45, 2.75) is 110 Å². The van der Waals surface area contributed by atoms with Crippen molar-refractivity contribution in [2.24, 2.45) is 5.92 Å². The number of aliphatic carboxylic acids is 1. The van der Waals surface area contributed by atoms with Crippen LogP contribution in [0.1, 0.15) is 104 Å². The number of rotatable bonds is 17. The molecule has 0 rings (SSSR count).